The first kappa shape index (κ1) is 12.5. The quantitative estimate of drug-likeness (QED) is 0.835. The number of fused-ring (bicyclic) bond motifs is 1. The molecule has 0 spiro atoms. The minimum absolute atomic E-state index is 0.0518. The topological polar surface area (TPSA) is 66.8 Å². The highest BCUT2D eigenvalue weighted by Gasteiger charge is 2.35. The normalized spacial score (nSPS) is 21.1. The second kappa shape index (κ2) is 4.56. The summed E-state index contributed by atoms with van der Waals surface area (Å²) in [6.07, 6.45) is -0.389. The van der Waals surface area contributed by atoms with Gasteiger partial charge in [-0.15, -0.1) is 0 Å². The first-order chi connectivity index (χ1) is 9.56. The van der Waals surface area contributed by atoms with Crippen LogP contribution in [0.3, 0.4) is 0 Å². The molecule has 0 bridgehead atoms. The molecule has 0 saturated carbocycles. The number of ketones is 1. The van der Waals surface area contributed by atoms with E-state index in [0.29, 0.717) is 11.3 Å². The number of carbonyl (C=O) groups is 1. The molecule has 2 aromatic carbocycles. The van der Waals surface area contributed by atoms with Crippen LogP contribution in [-0.4, -0.2) is 16.0 Å². The molecule has 0 fully saturated rings. The number of aromatic hydroxyl groups is 2. The van der Waals surface area contributed by atoms with E-state index in [4.69, 9.17) is 4.74 Å². The summed E-state index contributed by atoms with van der Waals surface area (Å²) < 4.78 is 5.88. The van der Waals surface area contributed by atoms with Crippen LogP contribution in [-0.2, 0) is 0 Å². The van der Waals surface area contributed by atoms with E-state index in [1.165, 1.54) is 12.1 Å². The largest absolute Gasteiger partial charge is 0.508 e. The molecule has 4 nitrogen and oxygen atoms in total. The van der Waals surface area contributed by atoms with Crippen molar-refractivity contribution in [2.24, 2.45) is 5.92 Å². The molecule has 3 rings (SSSR count). The van der Waals surface area contributed by atoms with Crippen molar-refractivity contribution in [3.8, 4) is 17.2 Å². The standard InChI is InChI=1S/C16H14O4/c1-9-15(19)13-8-12(18)6-7-14(13)20-16(9)10-2-4-11(17)5-3-10/h2-9,16-18H,1H3. The lowest BCUT2D eigenvalue weighted by Crippen LogP contribution is -2.29. The van der Waals surface area contributed by atoms with Gasteiger partial charge in [-0.1, -0.05) is 19.1 Å². The summed E-state index contributed by atoms with van der Waals surface area (Å²) in [5, 5.41) is 18.8. The molecular weight excluding hydrogens is 256 g/mol. The van der Waals surface area contributed by atoms with Gasteiger partial charge in [-0.3, -0.25) is 4.79 Å². The first-order valence-corrected chi connectivity index (χ1v) is 6.39. The molecule has 0 saturated heterocycles. The number of rotatable bonds is 1. The zero-order chi connectivity index (χ0) is 14.3. The van der Waals surface area contributed by atoms with Crippen LogP contribution < -0.4 is 4.74 Å². The molecule has 0 aliphatic carbocycles. The van der Waals surface area contributed by atoms with Crippen LogP contribution in [0.15, 0.2) is 42.5 Å². The van der Waals surface area contributed by atoms with Crippen LogP contribution >= 0.6 is 0 Å². The Kier molecular flexibility index (Phi) is 2.86. The predicted molar refractivity (Wildman–Crippen MR) is 73.1 cm³/mol. The number of hydrogen-bond donors (Lipinski definition) is 2. The van der Waals surface area contributed by atoms with E-state index >= 15 is 0 Å². The van der Waals surface area contributed by atoms with E-state index in [1.54, 1.807) is 37.3 Å². The fraction of sp³-hybridized carbons (Fsp3) is 0.188. The van der Waals surface area contributed by atoms with Crippen LogP contribution in [0.1, 0.15) is 28.9 Å². The van der Waals surface area contributed by atoms with Crippen LogP contribution in [0.25, 0.3) is 0 Å². The third-order valence-corrected chi connectivity index (χ3v) is 3.57. The van der Waals surface area contributed by atoms with Gasteiger partial charge in [-0.25, -0.2) is 0 Å². The van der Waals surface area contributed by atoms with Gasteiger partial charge in [0.25, 0.3) is 0 Å². The van der Waals surface area contributed by atoms with Gasteiger partial charge in [0.2, 0.25) is 0 Å². The van der Waals surface area contributed by atoms with E-state index in [0.717, 1.165) is 5.56 Å². The van der Waals surface area contributed by atoms with Gasteiger partial charge < -0.3 is 14.9 Å². The summed E-state index contributed by atoms with van der Waals surface area (Å²) >= 11 is 0. The molecule has 1 aliphatic rings. The van der Waals surface area contributed by atoms with E-state index in [9.17, 15) is 15.0 Å². The maximum Gasteiger partial charge on any atom is 0.173 e. The summed E-state index contributed by atoms with van der Waals surface area (Å²) in [5.74, 6) is 0.294. The molecule has 1 aliphatic heterocycles. The van der Waals surface area contributed by atoms with Crippen molar-refractivity contribution in [1.29, 1.82) is 0 Å². The van der Waals surface area contributed by atoms with Gasteiger partial charge in [0.1, 0.15) is 23.4 Å². The van der Waals surface area contributed by atoms with Crippen molar-refractivity contribution in [1.82, 2.24) is 0 Å². The Morgan fingerprint density at radius 2 is 1.65 bits per heavy atom. The molecular formula is C16H14O4. The van der Waals surface area contributed by atoms with Crippen molar-refractivity contribution in [2.75, 3.05) is 0 Å². The maximum atomic E-state index is 12.4. The van der Waals surface area contributed by atoms with Crippen molar-refractivity contribution < 1.29 is 19.7 Å². The van der Waals surface area contributed by atoms with Crippen molar-refractivity contribution in [2.45, 2.75) is 13.0 Å². The Bertz CT molecular complexity index is 661. The number of ether oxygens (including phenoxy) is 1. The van der Waals surface area contributed by atoms with Gasteiger partial charge in [0, 0.05) is 0 Å². The van der Waals surface area contributed by atoms with Gasteiger partial charge in [0.05, 0.1) is 11.5 Å². The second-order valence-electron chi connectivity index (χ2n) is 4.96. The van der Waals surface area contributed by atoms with Crippen LogP contribution in [0, 0.1) is 5.92 Å². The average Bonchev–Trinajstić information content (AvgIpc) is 2.44. The Labute approximate surface area is 116 Å². The molecule has 0 amide bonds. The van der Waals surface area contributed by atoms with E-state index in [2.05, 4.69) is 0 Å². The lowest BCUT2D eigenvalue weighted by Gasteiger charge is -2.30. The summed E-state index contributed by atoms with van der Waals surface area (Å²) in [5.41, 5.74) is 1.25. The smallest absolute Gasteiger partial charge is 0.173 e. The third-order valence-electron chi connectivity index (χ3n) is 3.57. The van der Waals surface area contributed by atoms with Gasteiger partial charge >= 0.3 is 0 Å². The molecule has 2 atom stereocenters. The maximum absolute atomic E-state index is 12.4. The third kappa shape index (κ3) is 1.99. The number of phenolic OH excluding ortho intramolecular Hbond substituents is 2. The zero-order valence-electron chi connectivity index (χ0n) is 10.9. The Morgan fingerprint density at radius 1 is 1.00 bits per heavy atom. The fourth-order valence-electron chi connectivity index (χ4n) is 2.46. The Balaban J connectivity index is 2.02. The van der Waals surface area contributed by atoms with Crippen LogP contribution in [0.2, 0.25) is 0 Å². The van der Waals surface area contributed by atoms with Gasteiger partial charge in [-0.05, 0) is 35.9 Å². The van der Waals surface area contributed by atoms with E-state index < -0.39 is 0 Å². The molecule has 1 heterocycles. The minimum Gasteiger partial charge on any atom is -0.508 e. The fourth-order valence-corrected chi connectivity index (χ4v) is 2.46. The average molecular weight is 270 g/mol. The lowest BCUT2D eigenvalue weighted by molar-refractivity contribution is 0.0689. The van der Waals surface area contributed by atoms with Crippen LogP contribution in [0.5, 0.6) is 17.2 Å². The summed E-state index contributed by atoms with van der Waals surface area (Å²) in [6.45, 7) is 1.80. The number of phenols is 2. The van der Waals surface area contributed by atoms with Crippen LogP contribution in [0.4, 0.5) is 0 Å². The Hall–Kier alpha value is -2.49. The highest BCUT2D eigenvalue weighted by Crippen LogP contribution is 2.39. The van der Waals surface area contributed by atoms with Gasteiger partial charge in [0.15, 0.2) is 5.78 Å². The van der Waals surface area contributed by atoms with E-state index in [1.807, 2.05) is 0 Å². The summed E-state index contributed by atoms with van der Waals surface area (Å²) in [7, 11) is 0. The Morgan fingerprint density at radius 3 is 2.35 bits per heavy atom. The molecule has 0 radical (unpaired) electrons. The zero-order valence-corrected chi connectivity index (χ0v) is 10.9. The number of hydrogen-bond acceptors (Lipinski definition) is 4. The SMILES string of the molecule is CC1C(=O)c2cc(O)ccc2OC1c1ccc(O)cc1. The molecule has 102 valence electrons. The summed E-state index contributed by atoms with van der Waals surface area (Å²) in [4.78, 5) is 12.4. The number of Topliss-reactive ketones (excluding diaryl/α,β-unsaturated/α-hetero) is 1. The van der Waals surface area contributed by atoms with Crippen molar-refractivity contribution in [3.05, 3.63) is 53.6 Å². The van der Waals surface area contributed by atoms with E-state index in [-0.39, 0.29) is 29.3 Å². The molecule has 20 heavy (non-hydrogen) atoms. The first-order valence-electron chi connectivity index (χ1n) is 6.39. The predicted octanol–water partition coefficient (Wildman–Crippen LogP) is 3.05. The number of carbonyl (C=O) groups excluding carboxylic acids is 1. The molecule has 0 aromatic heterocycles. The molecule has 4 heteroatoms. The molecule has 2 aromatic rings. The highest BCUT2D eigenvalue weighted by molar-refractivity contribution is 6.01. The number of benzene rings is 2. The van der Waals surface area contributed by atoms with Gasteiger partial charge in [-0.2, -0.15) is 0 Å². The molecule has 2 N–H and O–H groups in total. The minimum atomic E-state index is -0.389. The monoisotopic (exact) mass is 270 g/mol. The second-order valence-corrected chi connectivity index (χ2v) is 4.96. The summed E-state index contributed by atoms with van der Waals surface area (Å²) in [6, 6.07) is 11.2. The van der Waals surface area contributed by atoms with Crippen molar-refractivity contribution >= 4 is 5.78 Å². The molecule has 2 unspecified atom stereocenters. The van der Waals surface area contributed by atoms with Crippen molar-refractivity contribution in [3.63, 3.8) is 0 Å². The lowest BCUT2D eigenvalue weighted by atomic mass is 9.87. The highest BCUT2D eigenvalue weighted by atomic mass is 16.5.